The van der Waals surface area contributed by atoms with Crippen LogP contribution in [-0.4, -0.2) is 23.6 Å². The minimum Gasteiger partial charge on any atom is -0.507 e. The molecule has 28 heavy (non-hydrogen) atoms. The van der Waals surface area contributed by atoms with Crippen LogP contribution in [0.4, 0.5) is 5.69 Å². The van der Waals surface area contributed by atoms with E-state index in [2.05, 4.69) is 21.2 Å². The van der Waals surface area contributed by atoms with Gasteiger partial charge < -0.3 is 15.2 Å². The first-order valence-electron chi connectivity index (χ1n) is 8.63. The maximum Gasteiger partial charge on any atom is 0.338 e. The Morgan fingerprint density at radius 3 is 2.61 bits per heavy atom. The molecule has 0 aliphatic heterocycles. The molecule has 2 rings (SSSR count). The summed E-state index contributed by atoms with van der Waals surface area (Å²) in [6, 6.07) is 12.7. The summed E-state index contributed by atoms with van der Waals surface area (Å²) in [6.07, 6.45) is 3.04. The van der Waals surface area contributed by atoms with Crippen LogP contribution in [0.5, 0.6) is 5.75 Å². The van der Waals surface area contributed by atoms with E-state index in [0.717, 1.165) is 12.8 Å². The average Bonchev–Trinajstić information content (AvgIpc) is 2.69. The summed E-state index contributed by atoms with van der Waals surface area (Å²) < 4.78 is 5.83. The number of esters is 1. The number of phenolic OH excluding ortho intramolecular Hbond substituents is 1. The van der Waals surface area contributed by atoms with Crippen LogP contribution >= 0.6 is 15.9 Å². The number of aromatic hydroxyl groups is 1. The second-order valence-electron chi connectivity index (χ2n) is 5.89. The van der Waals surface area contributed by atoms with Gasteiger partial charge in [-0.3, -0.25) is 4.79 Å². The Morgan fingerprint density at radius 2 is 1.96 bits per heavy atom. The molecule has 0 radical (unpaired) electrons. The van der Waals surface area contributed by atoms with Crippen LogP contribution in [0.3, 0.4) is 0 Å². The lowest BCUT2D eigenvalue weighted by Gasteiger charge is -2.07. The second-order valence-corrected chi connectivity index (χ2v) is 6.81. The fourth-order valence-electron chi connectivity index (χ4n) is 2.23. The third kappa shape index (κ3) is 5.96. The van der Waals surface area contributed by atoms with Crippen LogP contribution in [0.2, 0.25) is 0 Å². The highest BCUT2D eigenvalue weighted by Gasteiger charge is 2.12. The van der Waals surface area contributed by atoms with E-state index >= 15 is 0 Å². The van der Waals surface area contributed by atoms with Crippen molar-refractivity contribution in [3.05, 3.63) is 63.6 Å². The van der Waals surface area contributed by atoms with E-state index in [1.807, 2.05) is 13.0 Å². The number of phenols is 1. The molecule has 0 saturated heterocycles. The highest BCUT2D eigenvalue weighted by molar-refractivity contribution is 9.10. The number of benzene rings is 2. The van der Waals surface area contributed by atoms with Crippen molar-refractivity contribution in [1.82, 2.24) is 0 Å². The predicted octanol–water partition coefficient (Wildman–Crippen LogP) is 4.66. The summed E-state index contributed by atoms with van der Waals surface area (Å²) in [5, 5.41) is 21.7. The number of halogens is 1. The molecular weight excluding hydrogens is 424 g/mol. The number of unbranched alkanes of at least 4 members (excludes halogenated alkanes) is 1. The van der Waals surface area contributed by atoms with Gasteiger partial charge in [-0.15, -0.1) is 0 Å². The molecule has 0 saturated carbocycles. The number of anilines is 1. The molecule has 1 amide bonds. The molecular formula is C21H19BrN2O4. The molecule has 7 heteroatoms. The number of ether oxygens (including phenoxy) is 1. The van der Waals surface area contributed by atoms with Crippen LogP contribution in [0.1, 0.15) is 35.7 Å². The largest absolute Gasteiger partial charge is 0.507 e. The molecule has 6 nitrogen and oxygen atoms in total. The molecule has 0 aliphatic rings. The molecule has 0 aliphatic carbocycles. The number of carbonyl (C=O) groups is 2. The number of rotatable bonds is 7. The third-order valence-corrected chi connectivity index (χ3v) is 4.26. The van der Waals surface area contributed by atoms with E-state index in [1.54, 1.807) is 36.4 Å². The van der Waals surface area contributed by atoms with Crippen molar-refractivity contribution in [2.75, 3.05) is 11.9 Å². The van der Waals surface area contributed by atoms with Crippen LogP contribution in [0.15, 0.2) is 52.5 Å². The van der Waals surface area contributed by atoms with Gasteiger partial charge in [-0.25, -0.2) is 4.79 Å². The van der Waals surface area contributed by atoms with Gasteiger partial charge in [-0.2, -0.15) is 5.26 Å². The molecule has 0 bridgehead atoms. The lowest BCUT2D eigenvalue weighted by molar-refractivity contribution is -0.112. The lowest BCUT2D eigenvalue weighted by Crippen LogP contribution is -2.13. The summed E-state index contributed by atoms with van der Waals surface area (Å²) in [5.74, 6) is -1.09. The van der Waals surface area contributed by atoms with Crippen molar-refractivity contribution in [2.45, 2.75) is 19.8 Å². The topological polar surface area (TPSA) is 99.4 Å². The molecule has 0 unspecified atom stereocenters. The highest BCUT2D eigenvalue weighted by atomic mass is 79.9. The van der Waals surface area contributed by atoms with Crippen LogP contribution in [0, 0.1) is 11.3 Å². The van der Waals surface area contributed by atoms with E-state index < -0.39 is 11.9 Å². The van der Waals surface area contributed by atoms with Crippen molar-refractivity contribution in [1.29, 1.82) is 5.26 Å². The number of hydrogen-bond donors (Lipinski definition) is 2. The Morgan fingerprint density at radius 1 is 1.25 bits per heavy atom. The molecule has 2 N–H and O–H groups in total. The summed E-state index contributed by atoms with van der Waals surface area (Å²) >= 11 is 3.28. The van der Waals surface area contributed by atoms with E-state index in [1.165, 1.54) is 12.1 Å². The first-order chi connectivity index (χ1) is 13.4. The number of nitriles is 1. The average molecular weight is 443 g/mol. The van der Waals surface area contributed by atoms with Crippen molar-refractivity contribution >= 4 is 39.6 Å². The predicted molar refractivity (Wildman–Crippen MR) is 110 cm³/mol. The van der Waals surface area contributed by atoms with Gasteiger partial charge in [0.1, 0.15) is 17.4 Å². The Balaban J connectivity index is 2.08. The minimum absolute atomic E-state index is 0.0466. The van der Waals surface area contributed by atoms with Gasteiger partial charge in [0.25, 0.3) is 5.91 Å². The van der Waals surface area contributed by atoms with E-state index in [9.17, 15) is 20.0 Å². The molecule has 0 fully saturated rings. The number of nitrogens with zero attached hydrogens (tertiary/aromatic N) is 1. The minimum atomic E-state index is -0.625. The number of amides is 1. The van der Waals surface area contributed by atoms with E-state index in [-0.39, 0.29) is 11.3 Å². The maximum absolute atomic E-state index is 12.4. The van der Waals surface area contributed by atoms with Crippen molar-refractivity contribution < 1.29 is 19.4 Å². The zero-order valence-electron chi connectivity index (χ0n) is 15.2. The standard InChI is InChI=1S/C21H19BrN2O4/c1-2-3-10-28-21(27)14-4-7-18(8-5-14)24-20(26)16(13-23)11-15-12-17(22)6-9-19(15)25/h4-9,11-12,25H,2-3,10H2,1H3,(H,24,26)/b16-11+. The monoisotopic (exact) mass is 442 g/mol. The molecule has 0 spiro atoms. The van der Waals surface area contributed by atoms with Gasteiger partial charge >= 0.3 is 5.97 Å². The first kappa shape index (κ1) is 21.2. The van der Waals surface area contributed by atoms with Crippen molar-refractivity contribution in [2.24, 2.45) is 0 Å². The quantitative estimate of drug-likeness (QED) is 0.281. The molecule has 0 atom stereocenters. The molecule has 144 valence electrons. The summed E-state index contributed by atoms with van der Waals surface area (Å²) in [6.45, 7) is 2.37. The number of carbonyl (C=O) groups excluding carboxylic acids is 2. The smallest absolute Gasteiger partial charge is 0.338 e. The molecule has 2 aromatic rings. The van der Waals surface area contributed by atoms with E-state index in [4.69, 9.17) is 4.74 Å². The molecule has 2 aromatic carbocycles. The van der Waals surface area contributed by atoms with Gasteiger partial charge in [0.2, 0.25) is 0 Å². The van der Waals surface area contributed by atoms with Gasteiger partial charge in [0.15, 0.2) is 0 Å². The normalized spacial score (nSPS) is 10.8. The van der Waals surface area contributed by atoms with Crippen LogP contribution < -0.4 is 5.32 Å². The molecule has 0 aromatic heterocycles. The molecule has 0 heterocycles. The zero-order valence-corrected chi connectivity index (χ0v) is 16.8. The Labute approximate surface area is 171 Å². The summed E-state index contributed by atoms with van der Waals surface area (Å²) in [4.78, 5) is 24.2. The number of nitrogens with one attached hydrogen (secondary N) is 1. The maximum atomic E-state index is 12.4. The Hall–Kier alpha value is -3.11. The fourth-order valence-corrected chi connectivity index (χ4v) is 2.60. The van der Waals surface area contributed by atoms with Crippen LogP contribution in [0.25, 0.3) is 6.08 Å². The van der Waals surface area contributed by atoms with Gasteiger partial charge in [0.05, 0.1) is 12.2 Å². The SMILES string of the molecule is CCCCOC(=O)c1ccc(NC(=O)/C(C#N)=C/c2cc(Br)ccc2O)cc1. The van der Waals surface area contributed by atoms with Gasteiger partial charge in [0, 0.05) is 15.7 Å². The highest BCUT2D eigenvalue weighted by Crippen LogP contribution is 2.24. The Kier molecular flexibility index (Phi) is 7.78. The fraction of sp³-hybridized carbons (Fsp3) is 0.190. The van der Waals surface area contributed by atoms with Crippen LogP contribution in [-0.2, 0) is 9.53 Å². The third-order valence-electron chi connectivity index (χ3n) is 3.76. The zero-order chi connectivity index (χ0) is 20.5. The van der Waals surface area contributed by atoms with E-state index in [0.29, 0.717) is 27.9 Å². The van der Waals surface area contributed by atoms with Gasteiger partial charge in [-0.05, 0) is 55.0 Å². The summed E-state index contributed by atoms with van der Waals surface area (Å²) in [5.41, 5.74) is 0.974. The van der Waals surface area contributed by atoms with Crippen molar-refractivity contribution in [3.63, 3.8) is 0 Å². The number of hydrogen-bond acceptors (Lipinski definition) is 5. The van der Waals surface area contributed by atoms with Crippen molar-refractivity contribution in [3.8, 4) is 11.8 Å². The summed E-state index contributed by atoms with van der Waals surface area (Å²) in [7, 11) is 0. The Bertz CT molecular complexity index is 930. The second kappa shape index (κ2) is 10.3. The first-order valence-corrected chi connectivity index (χ1v) is 9.42. The lowest BCUT2D eigenvalue weighted by atomic mass is 10.1. The van der Waals surface area contributed by atoms with Gasteiger partial charge in [-0.1, -0.05) is 29.3 Å².